The summed E-state index contributed by atoms with van der Waals surface area (Å²) in [5, 5.41) is 8.91. The molecule has 0 aromatic heterocycles. The van der Waals surface area contributed by atoms with Gasteiger partial charge in [0, 0.05) is 58.2 Å². The largest absolute Gasteiger partial charge is 0.343 e. The van der Waals surface area contributed by atoms with Gasteiger partial charge in [-0.2, -0.15) is 5.26 Å². The van der Waals surface area contributed by atoms with E-state index < -0.39 is 0 Å². The van der Waals surface area contributed by atoms with Gasteiger partial charge in [0.25, 0.3) is 0 Å². The lowest BCUT2D eigenvalue weighted by Crippen LogP contribution is -2.53. The molecule has 1 atom stereocenters. The van der Waals surface area contributed by atoms with Crippen molar-refractivity contribution in [2.24, 2.45) is 0 Å². The van der Waals surface area contributed by atoms with E-state index in [0.29, 0.717) is 24.8 Å². The van der Waals surface area contributed by atoms with Gasteiger partial charge in [0.2, 0.25) is 11.8 Å². The van der Waals surface area contributed by atoms with Crippen molar-refractivity contribution in [3.63, 3.8) is 0 Å². The zero-order chi connectivity index (χ0) is 21.9. The second kappa shape index (κ2) is 12.3. The Hall–Kier alpha value is -2.39. The second-order valence-corrected chi connectivity index (χ2v) is 8.21. The molecule has 1 fully saturated rings. The van der Waals surface area contributed by atoms with Crippen molar-refractivity contribution in [1.29, 1.82) is 5.26 Å². The quantitative estimate of drug-likeness (QED) is 0.591. The van der Waals surface area contributed by atoms with Crippen LogP contribution in [0.5, 0.6) is 0 Å². The predicted octanol–water partition coefficient (Wildman–Crippen LogP) is 3.41. The molecule has 0 aliphatic carbocycles. The number of amides is 2. The van der Waals surface area contributed by atoms with Crippen LogP contribution in [0.3, 0.4) is 0 Å². The van der Waals surface area contributed by atoms with Crippen LogP contribution < -0.4 is 0 Å². The highest BCUT2D eigenvalue weighted by atomic mass is 16.2. The van der Waals surface area contributed by atoms with E-state index in [0.717, 1.165) is 52.1 Å². The number of nitrogens with zero attached hydrogens (tertiary/aromatic N) is 4. The van der Waals surface area contributed by atoms with Gasteiger partial charge in [-0.1, -0.05) is 26.0 Å². The van der Waals surface area contributed by atoms with Gasteiger partial charge in [-0.25, -0.2) is 0 Å². The Balaban J connectivity index is 1.76. The van der Waals surface area contributed by atoms with Crippen LogP contribution in [0.25, 0.3) is 0 Å². The molecule has 1 aliphatic heterocycles. The maximum Gasteiger partial charge on any atom is 0.222 e. The van der Waals surface area contributed by atoms with Crippen molar-refractivity contribution in [1.82, 2.24) is 14.7 Å². The highest BCUT2D eigenvalue weighted by molar-refractivity contribution is 5.79. The maximum absolute atomic E-state index is 12.7. The highest BCUT2D eigenvalue weighted by Crippen LogP contribution is 2.16. The molecule has 0 bridgehead atoms. The minimum atomic E-state index is 0.158. The molecule has 0 spiro atoms. The normalized spacial score (nSPS) is 16.9. The second-order valence-electron chi connectivity index (χ2n) is 8.21. The summed E-state index contributed by atoms with van der Waals surface area (Å²) in [6.07, 6.45) is 3.46. The van der Waals surface area contributed by atoms with Crippen molar-refractivity contribution >= 4 is 11.8 Å². The molecule has 1 aliphatic rings. The molecule has 30 heavy (non-hydrogen) atoms. The van der Waals surface area contributed by atoms with Crippen molar-refractivity contribution < 1.29 is 9.59 Å². The Kier molecular flexibility index (Phi) is 9.82. The monoisotopic (exact) mass is 412 g/mol. The summed E-state index contributed by atoms with van der Waals surface area (Å²) >= 11 is 0. The number of carbonyl (C=O) groups excluding carboxylic acids is 2. The SMILES string of the molecule is CCCN(CCC)C(=O)CCCC(=O)N1CCN(Cc2ccc(C#N)cc2)CC1C. The minimum absolute atomic E-state index is 0.158. The molecular weight excluding hydrogens is 376 g/mol. The lowest BCUT2D eigenvalue weighted by atomic mass is 10.1. The molecule has 0 saturated carbocycles. The van der Waals surface area contributed by atoms with E-state index in [1.807, 2.05) is 34.1 Å². The number of hydrogen-bond donors (Lipinski definition) is 0. The van der Waals surface area contributed by atoms with Crippen LogP contribution in [0, 0.1) is 11.3 Å². The highest BCUT2D eigenvalue weighted by Gasteiger charge is 2.27. The Morgan fingerprint density at radius 1 is 1.10 bits per heavy atom. The van der Waals surface area contributed by atoms with E-state index in [1.54, 1.807) is 0 Å². The lowest BCUT2D eigenvalue weighted by molar-refractivity contribution is -0.136. The van der Waals surface area contributed by atoms with E-state index in [2.05, 4.69) is 31.7 Å². The molecule has 6 nitrogen and oxygen atoms in total. The van der Waals surface area contributed by atoms with Crippen LogP contribution in [-0.4, -0.2) is 65.3 Å². The molecule has 1 saturated heterocycles. The molecule has 1 unspecified atom stereocenters. The van der Waals surface area contributed by atoms with Gasteiger partial charge >= 0.3 is 0 Å². The Morgan fingerprint density at radius 2 is 1.77 bits per heavy atom. The molecule has 1 aromatic rings. The first kappa shape index (κ1) is 23.9. The van der Waals surface area contributed by atoms with Crippen LogP contribution in [-0.2, 0) is 16.1 Å². The summed E-state index contributed by atoms with van der Waals surface area (Å²) in [6, 6.07) is 10.0. The number of nitriles is 1. The molecule has 164 valence electrons. The molecule has 1 aromatic carbocycles. The van der Waals surface area contributed by atoms with Crippen LogP contribution in [0.4, 0.5) is 0 Å². The summed E-state index contributed by atoms with van der Waals surface area (Å²) in [5.74, 6) is 0.331. The Labute approximate surface area is 181 Å². The van der Waals surface area contributed by atoms with Gasteiger partial charge in [-0.15, -0.1) is 0 Å². The van der Waals surface area contributed by atoms with Gasteiger partial charge in [0.05, 0.1) is 11.6 Å². The maximum atomic E-state index is 12.7. The molecule has 6 heteroatoms. The lowest BCUT2D eigenvalue weighted by Gasteiger charge is -2.40. The molecule has 1 heterocycles. The number of piperazine rings is 1. The first-order chi connectivity index (χ1) is 14.5. The van der Waals surface area contributed by atoms with Gasteiger partial charge in [-0.3, -0.25) is 14.5 Å². The third kappa shape index (κ3) is 7.14. The predicted molar refractivity (Wildman–Crippen MR) is 119 cm³/mol. The van der Waals surface area contributed by atoms with Gasteiger partial charge in [0.1, 0.15) is 0 Å². The van der Waals surface area contributed by atoms with Gasteiger partial charge in [0.15, 0.2) is 0 Å². The number of carbonyl (C=O) groups is 2. The number of rotatable bonds is 10. The average Bonchev–Trinajstić information content (AvgIpc) is 2.74. The molecule has 2 rings (SSSR count). The third-order valence-corrected chi connectivity index (χ3v) is 5.64. The van der Waals surface area contributed by atoms with Crippen molar-refractivity contribution in [2.45, 2.75) is 65.5 Å². The van der Waals surface area contributed by atoms with E-state index in [1.165, 1.54) is 5.56 Å². The molecule has 0 radical (unpaired) electrons. The fraction of sp³-hybridized carbons (Fsp3) is 0.625. The minimum Gasteiger partial charge on any atom is -0.343 e. The summed E-state index contributed by atoms with van der Waals surface area (Å²) in [6.45, 7) is 11.1. The fourth-order valence-electron chi connectivity index (χ4n) is 4.08. The van der Waals surface area contributed by atoms with Gasteiger partial charge in [-0.05, 0) is 43.9 Å². The van der Waals surface area contributed by atoms with Crippen LogP contribution in [0.15, 0.2) is 24.3 Å². The van der Waals surface area contributed by atoms with Crippen molar-refractivity contribution in [2.75, 3.05) is 32.7 Å². The first-order valence-electron chi connectivity index (χ1n) is 11.3. The molecule has 2 amide bonds. The van der Waals surface area contributed by atoms with E-state index >= 15 is 0 Å². The third-order valence-electron chi connectivity index (χ3n) is 5.64. The van der Waals surface area contributed by atoms with Crippen LogP contribution >= 0.6 is 0 Å². The Morgan fingerprint density at radius 3 is 2.33 bits per heavy atom. The first-order valence-corrected chi connectivity index (χ1v) is 11.3. The summed E-state index contributed by atoms with van der Waals surface area (Å²) in [4.78, 5) is 31.3. The zero-order valence-corrected chi connectivity index (χ0v) is 18.8. The van der Waals surface area contributed by atoms with Crippen LogP contribution in [0.1, 0.15) is 64.0 Å². The summed E-state index contributed by atoms with van der Waals surface area (Å²) < 4.78 is 0. The number of hydrogen-bond acceptors (Lipinski definition) is 4. The molecular formula is C24H36N4O2. The van der Waals surface area contributed by atoms with Crippen LogP contribution in [0.2, 0.25) is 0 Å². The smallest absolute Gasteiger partial charge is 0.222 e. The Bertz CT molecular complexity index is 720. The van der Waals surface area contributed by atoms with Crippen molar-refractivity contribution in [3.05, 3.63) is 35.4 Å². The van der Waals surface area contributed by atoms with Crippen molar-refractivity contribution in [3.8, 4) is 6.07 Å². The summed E-state index contributed by atoms with van der Waals surface area (Å²) in [7, 11) is 0. The topological polar surface area (TPSA) is 67.7 Å². The molecule has 0 N–H and O–H groups in total. The standard InChI is InChI=1S/C24H36N4O2/c1-4-13-27(14-5-2)23(29)7-6-8-24(30)28-16-15-26(18-20(28)3)19-22-11-9-21(17-25)10-12-22/h9-12,20H,4-8,13-16,18-19H2,1-3H3. The van der Waals surface area contributed by atoms with E-state index in [9.17, 15) is 9.59 Å². The average molecular weight is 413 g/mol. The summed E-state index contributed by atoms with van der Waals surface area (Å²) in [5.41, 5.74) is 1.86. The van der Waals surface area contributed by atoms with E-state index in [-0.39, 0.29) is 17.9 Å². The van der Waals surface area contributed by atoms with E-state index in [4.69, 9.17) is 5.26 Å². The zero-order valence-electron chi connectivity index (χ0n) is 18.8. The number of benzene rings is 1. The van der Waals surface area contributed by atoms with Gasteiger partial charge < -0.3 is 9.80 Å². The fourth-order valence-corrected chi connectivity index (χ4v) is 4.08.